The average molecular weight is 335 g/mol. The minimum atomic E-state index is -2.99. The highest BCUT2D eigenvalue weighted by Gasteiger charge is 2.22. The van der Waals surface area contributed by atoms with Crippen LogP contribution in [0.15, 0.2) is 24.3 Å². The SMILES string of the molecule is CS(=O)(=O)CCN1CCO[C@@H](c2ccc(OC(F)F)cc2)C1. The lowest BCUT2D eigenvalue weighted by atomic mass is 10.1. The lowest BCUT2D eigenvalue weighted by Crippen LogP contribution is -2.40. The van der Waals surface area contributed by atoms with E-state index >= 15 is 0 Å². The van der Waals surface area contributed by atoms with Gasteiger partial charge in [0.15, 0.2) is 0 Å². The molecule has 1 saturated heterocycles. The highest BCUT2D eigenvalue weighted by molar-refractivity contribution is 7.90. The molecule has 124 valence electrons. The summed E-state index contributed by atoms with van der Waals surface area (Å²) in [5.74, 6) is 0.212. The molecule has 8 heteroatoms. The summed E-state index contributed by atoms with van der Waals surface area (Å²) in [5.41, 5.74) is 0.852. The van der Waals surface area contributed by atoms with Gasteiger partial charge in [0.2, 0.25) is 0 Å². The van der Waals surface area contributed by atoms with Gasteiger partial charge in [-0.15, -0.1) is 0 Å². The van der Waals surface area contributed by atoms with Crippen molar-refractivity contribution in [3.05, 3.63) is 29.8 Å². The number of alkyl halides is 2. The predicted octanol–water partition coefficient (Wildman–Crippen LogP) is 1.71. The first kappa shape index (κ1) is 17.1. The summed E-state index contributed by atoms with van der Waals surface area (Å²) in [6.07, 6.45) is 1.01. The normalized spacial score (nSPS) is 20.3. The fourth-order valence-corrected chi connectivity index (χ4v) is 2.86. The van der Waals surface area contributed by atoms with Crippen molar-refractivity contribution in [1.29, 1.82) is 0 Å². The van der Waals surface area contributed by atoms with E-state index in [1.807, 2.05) is 4.90 Å². The molecule has 5 nitrogen and oxygen atoms in total. The Bertz CT molecular complexity index is 577. The maximum absolute atomic E-state index is 12.1. The first-order valence-electron chi connectivity index (χ1n) is 6.90. The van der Waals surface area contributed by atoms with Gasteiger partial charge in [-0.25, -0.2) is 8.42 Å². The number of ether oxygens (including phenoxy) is 2. The van der Waals surface area contributed by atoms with Crippen molar-refractivity contribution in [1.82, 2.24) is 4.90 Å². The molecular weight excluding hydrogens is 316 g/mol. The molecule has 0 spiro atoms. The highest BCUT2D eigenvalue weighted by atomic mass is 32.2. The number of nitrogens with zero attached hydrogens (tertiary/aromatic N) is 1. The molecule has 1 atom stereocenters. The zero-order valence-corrected chi connectivity index (χ0v) is 13.1. The summed E-state index contributed by atoms with van der Waals surface area (Å²) in [6.45, 7) is -0.624. The van der Waals surface area contributed by atoms with Crippen LogP contribution in [0.2, 0.25) is 0 Å². The smallest absolute Gasteiger partial charge is 0.387 e. The molecule has 1 aliphatic rings. The number of hydrogen-bond acceptors (Lipinski definition) is 5. The van der Waals surface area contributed by atoms with Crippen LogP contribution >= 0.6 is 0 Å². The monoisotopic (exact) mass is 335 g/mol. The zero-order chi connectivity index (χ0) is 16.2. The number of morpholine rings is 1. The van der Waals surface area contributed by atoms with Crippen LogP contribution in [0.4, 0.5) is 8.78 Å². The quantitative estimate of drug-likeness (QED) is 0.792. The highest BCUT2D eigenvalue weighted by Crippen LogP contribution is 2.24. The van der Waals surface area contributed by atoms with Gasteiger partial charge >= 0.3 is 6.61 Å². The second-order valence-electron chi connectivity index (χ2n) is 5.24. The van der Waals surface area contributed by atoms with Crippen molar-refractivity contribution in [2.45, 2.75) is 12.7 Å². The Morgan fingerprint density at radius 2 is 2.05 bits per heavy atom. The second-order valence-corrected chi connectivity index (χ2v) is 7.50. The van der Waals surface area contributed by atoms with Crippen LogP contribution in [-0.4, -0.2) is 58.2 Å². The van der Waals surface area contributed by atoms with E-state index in [0.717, 1.165) is 5.56 Å². The van der Waals surface area contributed by atoms with Crippen molar-refractivity contribution < 1.29 is 26.7 Å². The van der Waals surface area contributed by atoms with Crippen LogP contribution in [0.25, 0.3) is 0 Å². The van der Waals surface area contributed by atoms with Gasteiger partial charge in [-0.1, -0.05) is 12.1 Å². The summed E-state index contributed by atoms with van der Waals surface area (Å²) < 4.78 is 56.6. The standard InChI is InChI=1S/C14H19F2NO4S/c1-22(18,19)9-7-17-6-8-20-13(10-17)11-2-4-12(5-3-11)21-14(15)16/h2-5,13-14H,6-10H2,1H3/t13-/m1/s1. The summed E-state index contributed by atoms with van der Waals surface area (Å²) in [5, 5.41) is 0. The van der Waals surface area contributed by atoms with Gasteiger partial charge in [0, 0.05) is 25.9 Å². The molecule has 1 heterocycles. The largest absolute Gasteiger partial charge is 0.435 e. The number of sulfone groups is 1. The maximum Gasteiger partial charge on any atom is 0.387 e. The number of hydrogen-bond donors (Lipinski definition) is 0. The minimum Gasteiger partial charge on any atom is -0.435 e. The molecule has 2 rings (SSSR count). The van der Waals surface area contributed by atoms with Crippen molar-refractivity contribution in [3.63, 3.8) is 0 Å². The van der Waals surface area contributed by atoms with Crippen LogP contribution in [0.1, 0.15) is 11.7 Å². The molecule has 0 N–H and O–H groups in total. The Hall–Kier alpha value is -1.25. The van der Waals surface area contributed by atoms with E-state index in [4.69, 9.17) is 4.74 Å². The fourth-order valence-electron chi connectivity index (χ4n) is 2.27. The number of rotatable bonds is 6. The van der Waals surface area contributed by atoms with E-state index in [9.17, 15) is 17.2 Å². The minimum absolute atomic E-state index is 0.100. The molecule has 1 aromatic rings. The zero-order valence-electron chi connectivity index (χ0n) is 12.2. The third-order valence-electron chi connectivity index (χ3n) is 3.41. The molecule has 1 aromatic carbocycles. The summed E-state index contributed by atoms with van der Waals surface area (Å²) in [4.78, 5) is 2.03. The molecule has 0 bridgehead atoms. The third kappa shape index (κ3) is 5.51. The van der Waals surface area contributed by atoms with E-state index in [-0.39, 0.29) is 17.6 Å². The van der Waals surface area contributed by atoms with Crippen molar-refractivity contribution in [3.8, 4) is 5.75 Å². The Balaban J connectivity index is 1.94. The Kier molecular flexibility index (Phi) is 5.71. The van der Waals surface area contributed by atoms with Crippen LogP contribution in [0, 0.1) is 0 Å². The molecule has 0 aliphatic carbocycles. The number of halogens is 2. The maximum atomic E-state index is 12.1. The fraction of sp³-hybridized carbons (Fsp3) is 0.571. The molecule has 0 saturated carbocycles. The van der Waals surface area contributed by atoms with Crippen molar-refractivity contribution in [2.24, 2.45) is 0 Å². The van der Waals surface area contributed by atoms with Crippen molar-refractivity contribution in [2.75, 3.05) is 38.2 Å². The van der Waals surface area contributed by atoms with Gasteiger partial charge in [-0.05, 0) is 17.7 Å². The van der Waals surface area contributed by atoms with Crippen LogP contribution in [0.5, 0.6) is 5.75 Å². The molecule has 0 unspecified atom stereocenters. The Labute approximate surface area is 128 Å². The molecule has 0 amide bonds. The van der Waals surface area contributed by atoms with Crippen LogP contribution in [-0.2, 0) is 14.6 Å². The summed E-state index contributed by atoms with van der Waals surface area (Å²) in [6, 6.07) is 6.31. The van der Waals surface area contributed by atoms with Gasteiger partial charge in [-0.3, -0.25) is 4.90 Å². The van der Waals surface area contributed by atoms with Gasteiger partial charge in [0.1, 0.15) is 15.6 Å². The van der Waals surface area contributed by atoms with Gasteiger partial charge in [0.25, 0.3) is 0 Å². The molecule has 1 aliphatic heterocycles. The first-order chi connectivity index (χ1) is 10.3. The van der Waals surface area contributed by atoms with Crippen molar-refractivity contribution >= 4 is 9.84 Å². The van der Waals surface area contributed by atoms with E-state index < -0.39 is 16.4 Å². The Morgan fingerprint density at radius 1 is 1.36 bits per heavy atom. The molecule has 22 heavy (non-hydrogen) atoms. The molecule has 1 fully saturated rings. The summed E-state index contributed by atoms with van der Waals surface area (Å²) >= 11 is 0. The second kappa shape index (κ2) is 7.34. The van der Waals surface area contributed by atoms with E-state index in [2.05, 4.69) is 4.74 Å². The lowest BCUT2D eigenvalue weighted by Gasteiger charge is -2.33. The van der Waals surface area contributed by atoms with Gasteiger partial charge in [-0.2, -0.15) is 8.78 Å². The van der Waals surface area contributed by atoms with E-state index in [1.54, 1.807) is 12.1 Å². The van der Waals surface area contributed by atoms with Crippen LogP contribution in [0.3, 0.4) is 0 Å². The van der Waals surface area contributed by atoms with Gasteiger partial charge in [0.05, 0.1) is 18.5 Å². The van der Waals surface area contributed by atoms with E-state index in [1.165, 1.54) is 18.4 Å². The molecule has 0 aromatic heterocycles. The van der Waals surface area contributed by atoms with E-state index in [0.29, 0.717) is 26.2 Å². The van der Waals surface area contributed by atoms with Crippen LogP contribution < -0.4 is 4.74 Å². The molecule has 0 radical (unpaired) electrons. The third-order valence-corrected chi connectivity index (χ3v) is 4.33. The van der Waals surface area contributed by atoms with Gasteiger partial charge < -0.3 is 9.47 Å². The summed E-state index contributed by atoms with van der Waals surface area (Å²) in [7, 11) is -2.99. The molecular formula is C14H19F2NO4S. The average Bonchev–Trinajstić information content (AvgIpc) is 2.45. The predicted molar refractivity (Wildman–Crippen MR) is 77.9 cm³/mol. The first-order valence-corrected chi connectivity index (χ1v) is 8.96. The lowest BCUT2D eigenvalue weighted by molar-refractivity contribution is -0.0500. The Morgan fingerprint density at radius 3 is 2.64 bits per heavy atom. The number of benzene rings is 1. The topological polar surface area (TPSA) is 55.8 Å².